The van der Waals surface area contributed by atoms with Gasteiger partial charge in [-0.1, -0.05) is 44.2 Å². The Balaban J connectivity index is 1.51. The third-order valence-corrected chi connectivity index (χ3v) is 7.84. The Labute approximate surface area is 225 Å². The van der Waals surface area contributed by atoms with Gasteiger partial charge in [-0.05, 0) is 24.8 Å². The van der Waals surface area contributed by atoms with Crippen LogP contribution < -0.4 is 26.1 Å². The molecule has 4 N–H and O–H groups in total. The van der Waals surface area contributed by atoms with Gasteiger partial charge in [0.05, 0.1) is 30.1 Å². The van der Waals surface area contributed by atoms with Gasteiger partial charge >= 0.3 is 5.97 Å². The fourth-order valence-corrected chi connectivity index (χ4v) is 5.67. The highest BCUT2D eigenvalue weighted by Crippen LogP contribution is 2.47. The van der Waals surface area contributed by atoms with Gasteiger partial charge in [0, 0.05) is 36.8 Å². The molecule has 2 fully saturated rings. The molecule has 1 amide bonds. The second-order valence-corrected chi connectivity index (χ2v) is 11.1. The fourth-order valence-electron chi connectivity index (χ4n) is 5.67. The van der Waals surface area contributed by atoms with Crippen molar-refractivity contribution in [3.05, 3.63) is 63.7 Å². The molecule has 1 unspecified atom stereocenters. The lowest BCUT2D eigenvalue weighted by Crippen LogP contribution is -2.56. The minimum atomic E-state index is -1.39. The number of carbonyl (C=O) groups is 2. The van der Waals surface area contributed by atoms with Gasteiger partial charge in [0.1, 0.15) is 11.3 Å². The average molecular weight is 537 g/mol. The van der Waals surface area contributed by atoms with E-state index < -0.39 is 28.2 Å². The van der Waals surface area contributed by atoms with E-state index in [1.165, 1.54) is 13.3 Å². The van der Waals surface area contributed by atoms with Crippen LogP contribution in [0.25, 0.3) is 10.9 Å². The number of pyridine rings is 1. The van der Waals surface area contributed by atoms with Crippen molar-refractivity contribution in [2.75, 3.05) is 30.8 Å². The average Bonchev–Trinajstić information content (AvgIpc) is 3.73. The normalized spacial score (nSPS) is 18.7. The molecule has 0 radical (unpaired) electrons. The summed E-state index contributed by atoms with van der Waals surface area (Å²) in [5, 5.41) is 12.6. The van der Waals surface area contributed by atoms with Crippen molar-refractivity contribution in [2.45, 2.75) is 51.6 Å². The number of hydrogen-bond acceptors (Lipinski definition) is 6. The summed E-state index contributed by atoms with van der Waals surface area (Å²) in [4.78, 5) is 39.5. The zero-order valence-corrected chi connectivity index (χ0v) is 22.3. The van der Waals surface area contributed by atoms with Gasteiger partial charge in [0.2, 0.25) is 11.3 Å². The third kappa shape index (κ3) is 4.79. The van der Waals surface area contributed by atoms with Crippen molar-refractivity contribution in [1.82, 2.24) is 9.88 Å². The highest BCUT2D eigenvalue weighted by molar-refractivity contribution is 6.03. The monoisotopic (exact) mass is 536 g/mol. The molecule has 10 heteroatoms. The number of nitrogens with zero attached hydrogens (tertiary/aromatic N) is 2. The Hall–Kier alpha value is -4.08. The number of hydrogen-bond donors (Lipinski definition) is 3. The van der Waals surface area contributed by atoms with Crippen molar-refractivity contribution >= 4 is 34.2 Å². The second-order valence-electron chi connectivity index (χ2n) is 11.1. The maximum atomic E-state index is 16.0. The number of nitrogen functional groups attached to an aromatic ring is 1. The zero-order valence-electron chi connectivity index (χ0n) is 22.3. The SMILES string of the molecule is COc1c(N2CCC(NC(=O)Cc3ccccc3)C(C)(C)C2)c(F)c(N)c2c(=O)c(C(=O)O)cn(C3CC3)c12. The van der Waals surface area contributed by atoms with E-state index in [2.05, 4.69) is 5.32 Å². The molecule has 2 aromatic carbocycles. The topological polar surface area (TPSA) is 127 Å². The number of piperidine rings is 1. The van der Waals surface area contributed by atoms with Gasteiger partial charge in [-0.3, -0.25) is 9.59 Å². The van der Waals surface area contributed by atoms with Gasteiger partial charge in [0.25, 0.3) is 0 Å². The maximum absolute atomic E-state index is 16.0. The Bertz CT molecular complexity index is 1510. The molecule has 1 saturated carbocycles. The molecule has 0 spiro atoms. The molecular formula is C29H33FN4O5. The predicted molar refractivity (Wildman–Crippen MR) is 147 cm³/mol. The van der Waals surface area contributed by atoms with E-state index >= 15 is 4.39 Å². The van der Waals surface area contributed by atoms with Crippen LogP contribution in [0.2, 0.25) is 0 Å². The van der Waals surface area contributed by atoms with Crippen LogP contribution in [0.3, 0.4) is 0 Å². The summed E-state index contributed by atoms with van der Waals surface area (Å²) < 4.78 is 23.4. The molecule has 1 aliphatic carbocycles. The number of carboxylic acids is 1. The van der Waals surface area contributed by atoms with Crippen LogP contribution >= 0.6 is 0 Å². The molecule has 1 atom stereocenters. The van der Waals surface area contributed by atoms with Crippen LogP contribution in [0.1, 0.15) is 55.1 Å². The lowest BCUT2D eigenvalue weighted by Gasteiger charge is -2.46. The number of anilines is 2. The number of halogens is 1. The molecule has 0 bridgehead atoms. The third-order valence-electron chi connectivity index (χ3n) is 7.84. The first-order valence-electron chi connectivity index (χ1n) is 13.1. The van der Waals surface area contributed by atoms with Gasteiger partial charge in [-0.25, -0.2) is 9.18 Å². The molecule has 39 heavy (non-hydrogen) atoms. The second kappa shape index (κ2) is 9.91. The summed E-state index contributed by atoms with van der Waals surface area (Å²) in [6, 6.07) is 9.35. The highest BCUT2D eigenvalue weighted by Gasteiger charge is 2.40. The molecule has 9 nitrogen and oxygen atoms in total. The number of aromatic carboxylic acids is 1. The number of rotatable bonds is 7. The summed E-state index contributed by atoms with van der Waals surface area (Å²) in [6.45, 7) is 4.84. The quantitative estimate of drug-likeness (QED) is 0.393. The predicted octanol–water partition coefficient (Wildman–Crippen LogP) is 3.73. The summed E-state index contributed by atoms with van der Waals surface area (Å²) in [5.74, 6) is -2.13. The summed E-state index contributed by atoms with van der Waals surface area (Å²) >= 11 is 0. The van der Waals surface area contributed by atoms with E-state index in [0.29, 0.717) is 25.0 Å². The van der Waals surface area contributed by atoms with Crippen molar-refractivity contribution in [3.63, 3.8) is 0 Å². The number of ether oxygens (including phenoxy) is 1. The maximum Gasteiger partial charge on any atom is 0.341 e. The van der Waals surface area contributed by atoms with Crippen molar-refractivity contribution < 1.29 is 23.8 Å². The lowest BCUT2D eigenvalue weighted by molar-refractivity contribution is -0.122. The van der Waals surface area contributed by atoms with E-state index in [1.54, 1.807) is 4.57 Å². The lowest BCUT2D eigenvalue weighted by atomic mass is 9.78. The van der Waals surface area contributed by atoms with Crippen LogP contribution in [0.15, 0.2) is 41.3 Å². The first kappa shape index (κ1) is 26.5. The molecule has 2 aliphatic rings. The first-order chi connectivity index (χ1) is 18.5. The van der Waals surface area contributed by atoms with E-state index in [0.717, 1.165) is 18.4 Å². The molecule has 5 rings (SSSR count). The van der Waals surface area contributed by atoms with Crippen LogP contribution in [-0.2, 0) is 11.2 Å². The molecule has 3 aromatic rings. The van der Waals surface area contributed by atoms with Gasteiger partial charge in [-0.15, -0.1) is 0 Å². The smallest absolute Gasteiger partial charge is 0.341 e. The Kier molecular flexibility index (Phi) is 6.74. The molecule has 1 saturated heterocycles. The number of carboxylic acid groups (broad SMARTS) is 1. The Morgan fingerprint density at radius 1 is 1.21 bits per heavy atom. The highest BCUT2D eigenvalue weighted by atomic mass is 19.1. The minimum absolute atomic E-state index is 0.0279. The van der Waals surface area contributed by atoms with Crippen LogP contribution in [-0.4, -0.2) is 47.8 Å². The summed E-state index contributed by atoms with van der Waals surface area (Å²) in [6.07, 6.45) is 3.74. The van der Waals surface area contributed by atoms with E-state index in [1.807, 2.05) is 49.1 Å². The minimum Gasteiger partial charge on any atom is -0.492 e. The molecule has 2 heterocycles. The number of amides is 1. The first-order valence-corrected chi connectivity index (χ1v) is 13.1. The van der Waals surface area contributed by atoms with Crippen LogP contribution in [0.5, 0.6) is 5.75 Å². The standard InChI is InChI=1S/C29H33FN4O5/c1-29(2)15-33(12-11-19(29)32-20(35)13-16-7-5-4-6-8-16)25-22(30)23(31)21-24(27(25)39-3)34(17-9-10-17)14-18(26(21)36)28(37)38/h4-8,14,17,19H,9-13,15,31H2,1-3H3,(H,32,35)(H,37,38). The summed E-state index contributed by atoms with van der Waals surface area (Å²) in [7, 11) is 1.41. The molecule has 1 aromatic heterocycles. The number of aromatic nitrogens is 1. The number of fused-ring (bicyclic) bond motifs is 1. The molecule has 1 aliphatic heterocycles. The number of methoxy groups -OCH3 is 1. The van der Waals surface area contributed by atoms with Crippen LogP contribution in [0, 0.1) is 11.2 Å². The largest absolute Gasteiger partial charge is 0.492 e. The fraction of sp³-hybridized carbons (Fsp3) is 0.414. The number of carbonyl (C=O) groups excluding carboxylic acids is 1. The number of nitrogens with one attached hydrogen (secondary N) is 1. The van der Waals surface area contributed by atoms with Crippen molar-refractivity contribution in [3.8, 4) is 5.75 Å². The molecule has 206 valence electrons. The number of benzene rings is 2. The summed E-state index contributed by atoms with van der Waals surface area (Å²) in [5.41, 5.74) is 5.48. The van der Waals surface area contributed by atoms with E-state index in [4.69, 9.17) is 10.5 Å². The van der Waals surface area contributed by atoms with Crippen molar-refractivity contribution in [1.29, 1.82) is 0 Å². The van der Waals surface area contributed by atoms with E-state index in [-0.39, 0.29) is 46.9 Å². The van der Waals surface area contributed by atoms with Gasteiger partial charge in [0.15, 0.2) is 11.6 Å². The Morgan fingerprint density at radius 3 is 2.49 bits per heavy atom. The van der Waals surface area contributed by atoms with Gasteiger partial charge in [-0.2, -0.15) is 0 Å². The van der Waals surface area contributed by atoms with Crippen LogP contribution in [0.4, 0.5) is 15.8 Å². The molecular weight excluding hydrogens is 503 g/mol. The van der Waals surface area contributed by atoms with E-state index in [9.17, 15) is 19.5 Å². The Morgan fingerprint density at radius 2 is 1.90 bits per heavy atom. The zero-order chi connectivity index (χ0) is 28.1. The van der Waals surface area contributed by atoms with Gasteiger partial charge < -0.3 is 30.4 Å². The number of nitrogens with two attached hydrogens (primary N) is 1. The van der Waals surface area contributed by atoms with Crippen molar-refractivity contribution in [2.24, 2.45) is 5.41 Å².